The van der Waals surface area contributed by atoms with Crippen molar-refractivity contribution in [3.8, 4) is 0 Å². The van der Waals surface area contributed by atoms with Gasteiger partial charge in [-0.3, -0.25) is 0 Å². The van der Waals surface area contributed by atoms with Crippen LogP contribution < -0.4 is 5.73 Å². The van der Waals surface area contributed by atoms with Crippen molar-refractivity contribution in [2.24, 2.45) is 17.6 Å². The van der Waals surface area contributed by atoms with Crippen molar-refractivity contribution in [2.75, 3.05) is 13.7 Å². The lowest BCUT2D eigenvalue weighted by Crippen LogP contribution is -2.25. The summed E-state index contributed by atoms with van der Waals surface area (Å²) in [6.07, 6.45) is 5.03. The minimum atomic E-state index is 0.456. The SMILES string of the molecule is COCCCC1CCC(N)C1C. The van der Waals surface area contributed by atoms with Gasteiger partial charge in [0.05, 0.1) is 0 Å². The van der Waals surface area contributed by atoms with E-state index in [0.29, 0.717) is 6.04 Å². The first-order chi connectivity index (χ1) is 5.75. The Morgan fingerprint density at radius 3 is 2.67 bits per heavy atom. The summed E-state index contributed by atoms with van der Waals surface area (Å²) in [6, 6.07) is 0.456. The molecular weight excluding hydrogens is 150 g/mol. The van der Waals surface area contributed by atoms with Crippen LogP contribution >= 0.6 is 0 Å². The van der Waals surface area contributed by atoms with Crippen LogP contribution in [0.4, 0.5) is 0 Å². The topological polar surface area (TPSA) is 35.2 Å². The Kier molecular flexibility index (Phi) is 4.02. The highest BCUT2D eigenvalue weighted by molar-refractivity contribution is 4.84. The zero-order valence-electron chi connectivity index (χ0n) is 8.25. The van der Waals surface area contributed by atoms with Crippen LogP contribution in [0.15, 0.2) is 0 Å². The first-order valence-corrected chi connectivity index (χ1v) is 5.00. The van der Waals surface area contributed by atoms with E-state index in [0.717, 1.165) is 18.4 Å². The fraction of sp³-hybridized carbons (Fsp3) is 1.00. The molecular formula is C10H21NO. The van der Waals surface area contributed by atoms with Crippen LogP contribution in [-0.2, 0) is 4.74 Å². The number of ether oxygens (including phenoxy) is 1. The molecule has 1 rings (SSSR count). The third kappa shape index (κ3) is 2.46. The van der Waals surface area contributed by atoms with E-state index in [4.69, 9.17) is 10.5 Å². The predicted molar refractivity (Wildman–Crippen MR) is 51.0 cm³/mol. The third-order valence-electron chi connectivity index (χ3n) is 3.21. The van der Waals surface area contributed by atoms with Crippen LogP contribution in [-0.4, -0.2) is 19.8 Å². The molecule has 1 saturated carbocycles. The summed E-state index contributed by atoms with van der Waals surface area (Å²) in [5, 5.41) is 0. The average Bonchev–Trinajstić information content (AvgIpc) is 2.36. The zero-order valence-corrected chi connectivity index (χ0v) is 8.25. The van der Waals surface area contributed by atoms with Crippen molar-refractivity contribution >= 4 is 0 Å². The van der Waals surface area contributed by atoms with Gasteiger partial charge >= 0.3 is 0 Å². The molecule has 0 spiro atoms. The van der Waals surface area contributed by atoms with Crippen LogP contribution in [0.1, 0.15) is 32.6 Å². The van der Waals surface area contributed by atoms with E-state index >= 15 is 0 Å². The van der Waals surface area contributed by atoms with Gasteiger partial charge in [-0.05, 0) is 37.5 Å². The van der Waals surface area contributed by atoms with Gasteiger partial charge in [0.2, 0.25) is 0 Å². The van der Waals surface area contributed by atoms with E-state index in [1.807, 2.05) is 0 Å². The Hall–Kier alpha value is -0.0800. The smallest absolute Gasteiger partial charge is 0.0462 e. The summed E-state index contributed by atoms with van der Waals surface area (Å²) >= 11 is 0. The lowest BCUT2D eigenvalue weighted by molar-refractivity contribution is 0.183. The number of nitrogens with two attached hydrogens (primary N) is 1. The van der Waals surface area contributed by atoms with Crippen LogP contribution in [0.2, 0.25) is 0 Å². The summed E-state index contributed by atoms with van der Waals surface area (Å²) < 4.78 is 5.03. The average molecular weight is 171 g/mol. The Labute approximate surface area is 75.5 Å². The molecule has 2 nitrogen and oxygen atoms in total. The van der Waals surface area contributed by atoms with Crippen molar-refractivity contribution in [1.82, 2.24) is 0 Å². The highest BCUT2D eigenvalue weighted by atomic mass is 16.5. The van der Waals surface area contributed by atoms with Crippen molar-refractivity contribution in [3.05, 3.63) is 0 Å². The second kappa shape index (κ2) is 4.83. The summed E-state index contributed by atoms with van der Waals surface area (Å²) in [5.74, 6) is 1.58. The molecule has 0 saturated heterocycles. The van der Waals surface area contributed by atoms with Gasteiger partial charge in [0.25, 0.3) is 0 Å². The van der Waals surface area contributed by atoms with Gasteiger partial charge in [-0.15, -0.1) is 0 Å². The fourth-order valence-electron chi connectivity index (χ4n) is 2.18. The molecule has 1 aliphatic rings. The lowest BCUT2D eigenvalue weighted by atomic mass is 9.92. The van der Waals surface area contributed by atoms with E-state index < -0.39 is 0 Å². The van der Waals surface area contributed by atoms with Gasteiger partial charge in [-0.25, -0.2) is 0 Å². The molecule has 1 aliphatic carbocycles. The van der Waals surface area contributed by atoms with Crippen molar-refractivity contribution in [1.29, 1.82) is 0 Å². The molecule has 0 amide bonds. The lowest BCUT2D eigenvalue weighted by Gasteiger charge is -2.17. The summed E-state index contributed by atoms with van der Waals surface area (Å²) in [7, 11) is 1.77. The molecule has 0 aromatic rings. The van der Waals surface area contributed by atoms with Gasteiger partial charge in [0.1, 0.15) is 0 Å². The van der Waals surface area contributed by atoms with Gasteiger partial charge in [-0.1, -0.05) is 6.92 Å². The normalized spacial score (nSPS) is 35.8. The molecule has 0 heterocycles. The summed E-state index contributed by atoms with van der Waals surface area (Å²) in [4.78, 5) is 0. The van der Waals surface area contributed by atoms with Crippen LogP contribution in [0.5, 0.6) is 0 Å². The minimum absolute atomic E-state index is 0.456. The van der Waals surface area contributed by atoms with Gasteiger partial charge in [0, 0.05) is 19.8 Å². The minimum Gasteiger partial charge on any atom is -0.385 e. The second-order valence-electron chi connectivity index (χ2n) is 4.00. The van der Waals surface area contributed by atoms with E-state index in [1.54, 1.807) is 7.11 Å². The molecule has 0 radical (unpaired) electrons. The van der Waals surface area contributed by atoms with Crippen LogP contribution in [0.3, 0.4) is 0 Å². The second-order valence-corrected chi connectivity index (χ2v) is 4.00. The van der Waals surface area contributed by atoms with E-state index in [1.165, 1.54) is 25.7 Å². The highest BCUT2D eigenvalue weighted by Crippen LogP contribution is 2.33. The van der Waals surface area contributed by atoms with Gasteiger partial charge in [0.15, 0.2) is 0 Å². The maximum absolute atomic E-state index is 5.94. The van der Waals surface area contributed by atoms with Crippen molar-refractivity contribution < 1.29 is 4.74 Å². The fourth-order valence-corrected chi connectivity index (χ4v) is 2.18. The molecule has 2 heteroatoms. The maximum atomic E-state index is 5.94. The predicted octanol–water partition coefficient (Wildman–Crippen LogP) is 1.79. The number of methoxy groups -OCH3 is 1. The molecule has 0 aromatic carbocycles. The summed E-state index contributed by atoms with van der Waals surface area (Å²) in [5.41, 5.74) is 5.94. The molecule has 3 atom stereocenters. The molecule has 0 bridgehead atoms. The maximum Gasteiger partial charge on any atom is 0.0462 e. The molecule has 1 fully saturated rings. The van der Waals surface area contributed by atoms with Crippen LogP contribution in [0.25, 0.3) is 0 Å². The molecule has 0 aromatic heterocycles. The van der Waals surface area contributed by atoms with Gasteiger partial charge in [-0.2, -0.15) is 0 Å². The van der Waals surface area contributed by atoms with Crippen molar-refractivity contribution in [3.63, 3.8) is 0 Å². The zero-order chi connectivity index (χ0) is 8.97. The quantitative estimate of drug-likeness (QED) is 0.654. The molecule has 12 heavy (non-hydrogen) atoms. The first kappa shape index (κ1) is 10.0. The highest BCUT2D eigenvalue weighted by Gasteiger charge is 2.29. The van der Waals surface area contributed by atoms with Crippen LogP contribution in [0, 0.1) is 11.8 Å². The standard InChI is InChI=1S/C10H21NO/c1-8-9(4-3-7-12-2)5-6-10(8)11/h8-10H,3-7,11H2,1-2H3. The van der Waals surface area contributed by atoms with Gasteiger partial charge < -0.3 is 10.5 Å². The summed E-state index contributed by atoms with van der Waals surface area (Å²) in [6.45, 7) is 3.19. The molecule has 0 aliphatic heterocycles. The Bertz CT molecular complexity index is 127. The third-order valence-corrected chi connectivity index (χ3v) is 3.21. The number of rotatable bonds is 4. The number of hydrogen-bond acceptors (Lipinski definition) is 2. The Morgan fingerprint density at radius 2 is 2.17 bits per heavy atom. The van der Waals surface area contributed by atoms with E-state index in [9.17, 15) is 0 Å². The molecule has 2 N–H and O–H groups in total. The molecule has 3 unspecified atom stereocenters. The Morgan fingerprint density at radius 1 is 1.42 bits per heavy atom. The monoisotopic (exact) mass is 171 g/mol. The van der Waals surface area contributed by atoms with E-state index in [2.05, 4.69) is 6.92 Å². The first-order valence-electron chi connectivity index (χ1n) is 5.00. The molecule has 72 valence electrons. The number of hydrogen-bond donors (Lipinski definition) is 1. The largest absolute Gasteiger partial charge is 0.385 e. The van der Waals surface area contributed by atoms with Crippen molar-refractivity contribution in [2.45, 2.75) is 38.6 Å². The van der Waals surface area contributed by atoms with E-state index in [-0.39, 0.29) is 0 Å². The Balaban J connectivity index is 2.16.